The highest BCUT2D eigenvalue weighted by Crippen LogP contribution is 2.52. The van der Waals surface area contributed by atoms with Gasteiger partial charge in [0.25, 0.3) is 0 Å². The van der Waals surface area contributed by atoms with Gasteiger partial charge in [-0.05, 0) is 49.6 Å². The van der Waals surface area contributed by atoms with Crippen molar-refractivity contribution in [2.24, 2.45) is 11.8 Å². The third-order valence-electron chi connectivity index (χ3n) is 7.45. The fourth-order valence-corrected chi connectivity index (χ4v) is 5.93. The van der Waals surface area contributed by atoms with Crippen LogP contribution in [-0.4, -0.2) is 54.6 Å². The van der Waals surface area contributed by atoms with Crippen LogP contribution in [-0.2, 0) is 20.9 Å². The van der Waals surface area contributed by atoms with Crippen LogP contribution >= 0.6 is 11.6 Å². The minimum absolute atomic E-state index is 0.0338. The molecule has 3 aliphatic rings. The summed E-state index contributed by atoms with van der Waals surface area (Å²) in [4.78, 5) is 30.8. The number of likely N-dealkylation sites (tertiary alicyclic amines) is 1. The van der Waals surface area contributed by atoms with Gasteiger partial charge in [-0.25, -0.2) is 0 Å². The van der Waals surface area contributed by atoms with Crippen LogP contribution in [0.1, 0.15) is 24.5 Å². The number of nitrogens with zero attached hydrogens (tertiary/aromatic N) is 2. The van der Waals surface area contributed by atoms with Crippen molar-refractivity contribution in [1.82, 2.24) is 10.2 Å². The Hall–Kier alpha value is -2.83. The Morgan fingerprint density at radius 1 is 1.26 bits per heavy atom. The summed E-state index contributed by atoms with van der Waals surface area (Å²) in [5.41, 5.74) is 2.61. The zero-order valence-electron chi connectivity index (χ0n) is 20.2. The van der Waals surface area contributed by atoms with E-state index in [2.05, 4.69) is 48.3 Å². The van der Waals surface area contributed by atoms with Crippen LogP contribution in [0.5, 0.6) is 0 Å². The molecule has 1 spiro atoms. The number of halogens is 1. The molecule has 184 valence electrons. The highest BCUT2D eigenvalue weighted by atomic mass is 35.5. The number of hydrogen-bond acceptors (Lipinski definition) is 4. The summed E-state index contributed by atoms with van der Waals surface area (Å²) in [5, 5.41) is 3.72. The summed E-state index contributed by atoms with van der Waals surface area (Å²) < 4.78 is 6.24. The maximum atomic E-state index is 13.4. The second kappa shape index (κ2) is 9.67. The average Bonchev–Trinajstić information content (AvgIpc) is 3.48. The zero-order valence-corrected chi connectivity index (χ0v) is 21.0. The van der Waals surface area contributed by atoms with Crippen molar-refractivity contribution in [3.05, 3.63) is 76.8 Å². The van der Waals surface area contributed by atoms with Crippen molar-refractivity contribution < 1.29 is 14.3 Å². The Labute approximate surface area is 211 Å². The predicted molar refractivity (Wildman–Crippen MR) is 137 cm³/mol. The molecule has 4 atom stereocenters. The summed E-state index contributed by atoms with van der Waals surface area (Å²) in [6.07, 6.45) is 4.41. The Morgan fingerprint density at radius 3 is 2.86 bits per heavy atom. The van der Waals surface area contributed by atoms with Crippen LogP contribution in [0.3, 0.4) is 0 Å². The molecule has 3 heterocycles. The maximum absolute atomic E-state index is 13.4. The molecule has 2 saturated heterocycles. The molecule has 7 heteroatoms. The van der Waals surface area contributed by atoms with Crippen LogP contribution < -0.4 is 10.2 Å². The van der Waals surface area contributed by atoms with E-state index in [0.29, 0.717) is 24.7 Å². The minimum atomic E-state index is -0.713. The molecule has 2 aromatic carbocycles. The van der Waals surface area contributed by atoms with Gasteiger partial charge in [0.1, 0.15) is 5.60 Å². The molecular weight excluding hydrogens is 462 g/mol. The molecule has 1 N–H and O–H groups in total. The average molecular weight is 494 g/mol. The van der Waals surface area contributed by atoms with Gasteiger partial charge >= 0.3 is 0 Å². The molecule has 0 radical (unpaired) electrons. The van der Waals surface area contributed by atoms with Crippen LogP contribution in [0.2, 0.25) is 5.02 Å². The highest BCUT2D eigenvalue weighted by molar-refractivity contribution is 6.31. The van der Waals surface area contributed by atoms with E-state index in [0.717, 1.165) is 25.1 Å². The fourth-order valence-electron chi connectivity index (χ4n) is 5.74. The van der Waals surface area contributed by atoms with Crippen LogP contribution in [0, 0.1) is 18.8 Å². The first kappa shape index (κ1) is 23.9. The van der Waals surface area contributed by atoms with Crippen molar-refractivity contribution >= 4 is 29.1 Å². The van der Waals surface area contributed by atoms with E-state index in [1.807, 2.05) is 36.4 Å². The normalized spacial score (nSPS) is 26.3. The first-order valence-corrected chi connectivity index (χ1v) is 12.8. The Morgan fingerprint density at radius 2 is 2.09 bits per heavy atom. The van der Waals surface area contributed by atoms with Crippen molar-refractivity contribution in [1.29, 1.82) is 0 Å². The van der Waals surface area contributed by atoms with Gasteiger partial charge < -0.3 is 19.9 Å². The van der Waals surface area contributed by atoms with Gasteiger partial charge in [-0.15, -0.1) is 0 Å². The molecule has 35 heavy (non-hydrogen) atoms. The maximum Gasteiger partial charge on any atom is 0.230 e. The summed E-state index contributed by atoms with van der Waals surface area (Å²) in [5.74, 6) is -1.12. The molecule has 2 aromatic rings. The number of amides is 2. The lowest BCUT2D eigenvalue weighted by Gasteiger charge is -2.25. The lowest BCUT2D eigenvalue weighted by atomic mass is 9.77. The standard InChI is InChI=1S/C28H32ClN3O3/c1-3-31(21-10-6-8-19(2)16-21)15-7-14-30-26(33)24-23-12-13-28(35-23)18-32(27(34)25(24)28)17-20-9-4-5-11-22(20)29/h4-6,8-13,16,23-25H,3,7,14-15,17-18H2,1-2H3,(H,30,33)/t23-,24-,25-,28-/m0/s1. The van der Waals surface area contributed by atoms with Crippen molar-refractivity contribution in [3.8, 4) is 0 Å². The van der Waals surface area contributed by atoms with Crippen LogP contribution in [0.4, 0.5) is 5.69 Å². The first-order valence-electron chi connectivity index (χ1n) is 12.4. The first-order chi connectivity index (χ1) is 16.9. The molecule has 0 saturated carbocycles. The van der Waals surface area contributed by atoms with E-state index >= 15 is 0 Å². The third-order valence-corrected chi connectivity index (χ3v) is 7.82. The van der Waals surface area contributed by atoms with Gasteiger partial charge in [-0.2, -0.15) is 0 Å². The molecule has 5 rings (SSSR count). The zero-order chi connectivity index (χ0) is 24.6. The number of benzene rings is 2. The van der Waals surface area contributed by atoms with Gasteiger partial charge in [-0.1, -0.05) is 54.1 Å². The van der Waals surface area contributed by atoms with Gasteiger partial charge in [0, 0.05) is 36.9 Å². The predicted octanol–water partition coefficient (Wildman–Crippen LogP) is 3.96. The molecule has 0 aliphatic carbocycles. The molecular formula is C28H32ClN3O3. The number of rotatable bonds is 9. The monoisotopic (exact) mass is 493 g/mol. The molecule has 2 bridgehead atoms. The number of nitrogens with one attached hydrogen (secondary N) is 1. The molecule has 3 aliphatic heterocycles. The Balaban J connectivity index is 1.20. The third kappa shape index (κ3) is 4.45. The minimum Gasteiger partial charge on any atom is -0.372 e. The topological polar surface area (TPSA) is 61.9 Å². The SMILES string of the molecule is CCN(CCCNC(=O)[C@H]1[C@@H]2C=C[C@@]3(CN(Cc4ccccc4Cl)C(=O)[C@H]13)O2)c1cccc(C)c1. The van der Waals surface area contributed by atoms with Gasteiger partial charge in [0.05, 0.1) is 24.5 Å². The van der Waals surface area contributed by atoms with E-state index in [4.69, 9.17) is 16.3 Å². The molecule has 2 amide bonds. The Kier molecular flexibility index (Phi) is 6.60. The number of anilines is 1. The van der Waals surface area contributed by atoms with E-state index in [-0.39, 0.29) is 17.9 Å². The highest BCUT2D eigenvalue weighted by Gasteiger charge is 2.66. The quantitative estimate of drug-likeness (QED) is 0.424. The van der Waals surface area contributed by atoms with Crippen LogP contribution in [0.25, 0.3) is 0 Å². The van der Waals surface area contributed by atoms with Gasteiger partial charge in [0.15, 0.2) is 0 Å². The van der Waals surface area contributed by atoms with Crippen molar-refractivity contribution in [2.75, 3.05) is 31.1 Å². The van der Waals surface area contributed by atoms with Crippen molar-refractivity contribution in [2.45, 2.75) is 38.5 Å². The number of carbonyl (C=O) groups excluding carboxylic acids is 2. The van der Waals surface area contributed by atoms with E-state index < -0.39 is 17.4 Å². The fraction of sp³-hybridized carbons (Fsp3) is 0.429. The molecule has 2 fully saturated rings. The number of ether oxygens (including phenoxy) is 1. The number of fused-ring (bicyclic) bond motifs is 1. The summed E-state index contributed by atoms with van der Waals surface area (Å²) in [7, 11) is 0. The lowest BCUT2D eigenvalue weighted by Crippen LogP contribution is -2.44. The largest absolute Gasteiger partial charge is 0.372 e. The smallest absolute Gasteiger partial charge is 0.230 e. The van der Waals surface area contributed by atoms with E-state index in [1.165, 1.54) is 11.3 Å². The second-order valence-electron chi connectivity index (χ2n) is 9.75. The van der Waals surface area contributed by atoms with E-state index in [1.54, 1.807) is 4.90 Å². The number of aryl methyl sites for hydroxylation is 1. The molecule has 0 unspecified atom stereocenters. The van der Waals surface area contributed by atoms with Gasteiger partial charge in [0.2, 0.25) is 11.8 Å². The number of carbonyl (C=O) groups is 2. The Bertz CT molecular complexity index is 1150. The van der Waals surface area contributed by atoms with E-state index in [9.17, 15) is 9.59 Å². The van der Waals surface area contributed by atoms with Crippen molar-refractivity contribution in [3.63, 3.8) is 0 Å². The molecule has 0 aromatic heterocycles. The lowest BCUT2D eigenvalue weighted by molar-refractivity contribution is -0.137. The summed E-state index contributed by atoms with van der Waals surface area (Å²) >= 11 is 6.33. The number of hydrogen-bond donors (Lipinski definition) is 1. The summed E-state index contributed by atoms with van der Waals surface area (Å²) in [6.45, 7) is 7.41. The van der Waals surface area contributed by atoms with Crippen LogP contribution in [0.15, 0.2) is 60.7 Å². The second-order valence-corrected chi connectivity index (χ2v) is 10.2. The molecule has 6 nitrogen and oxygen atoms in total. The summed E-state index contributed by atoms with van der Waals surface area (Å²) in [6, 6.07) is 16.0. The van der Waals surface area contributed by atoms with Gasteiger partial charge in [-0.3, -0.25) is 9.59 Å².